The number of carboxylic acid groups (broad SMARTS) is 1. The monoisotopic (exact) mass is 246 g/mol. The van der Waals surface area contributed by atoms with E-state index in [1.54, 1.807) is 6.20 Å². The van der Waals surface area contributed by atoms with Gasteiger partial charge < -0.3 is 9.67 Å². The molecule has 2 heterocycles. The van der Waals surface area contributed by atoms with E-state index in [0.29, 0.717) is 12.8 Å². The lowest BCUT2D eigenvalue weighted by atomic mass is 9.90. The second-order valence-corrected chi connectivity index (χ2v) is 4.64. The van der Waals surface area contributed by atoms with Gasteiger partial charge in [-0.3, -0.25) is 9.89 Å². The highest BCUT2D eigenvalue weighted by Crippen LogP contribution is 2.28. The first-order valence-corrected chi connectivity index (χ1v) is 5.94. The summed E-state index contributed by atoms with van der Waals surface area (Å²) in [5.41, 5.74) is 2.90. The fourth-order valence-electron chi connectivity index (χ4n) is 2.54. The average Bonchev–Trinajstić information content (AvgIpc) is 2.97. The minimum atomic E-state index is -0.727. The molecule has 0 bridgehead atoms. The minimum Gasteiger partial charge on any atom is -0.481 e. The zero-order valence-electron chi connectivity index (χ0n) is 10.1. The number of nitrogens with zero attached hydrogens (tertiary/aromatic N) is 3. The number of rotatable bonds is 2. The lowest BCUT2D eigenvalue weighted by Crippen LogP contribution is -2.22. The molecular formula is C12H14N4O2. The molecule has 1 unspecified atom stereocenters. The molecule has 1 atom stereocenters. The molecule has 0 saturated heterocycles. The van der Waals surface area contributed by atoms with Crippen molar-refractivity contribution in [3.05, 3.63) is 23.7 Å². The molecule has 6 heteroatoms. The quantitative estimate of drug-likeness (QED) is 0.828. The summed E-state index contributed by atoms with van der Waals surface area (Å²) in [7, 11) is 1.96. The van der Waals surface area contributed by atoms with Crippen molar-refractivity contribution in [3.63, 3.8) is 0 Å². The lowest BCUT2D eigenvalue weighted by Gasteiger charge is -2.18. The third kappa shape index (κ3) is 1.61. The van der Waals surface area contributed by atoms with Crippen molar-refractivity contribution < 1.29 is 9.90 Å². The predicted molar refractivity (Wildman–Crippen MR) is 63.9 cm³/mol. The topological polar surface area (TPSA) is 83.8 Å². The van der Waals surface area contributed by atoms with Gasteiger partial charge in [0.25, 0.3) is 0 Å². The molecule has 0 aromatic carbocycles. The number of carbonyl (C=O) groups is 1. The zero-order chi connectivity index (χ0) is 12.7. The maximum atomic E-state index is 11.0. The van der Waals surface area contributed by atoms with E-state index in [2.05, 4.69) is 15.2 Å². The Bertz CT molecular complexity index is 585. The van der Waals surface area contributed by atoms with Gasteiger partial charge in [0, 0.05) is 25.4 Å². The molecule has 18 heavy (non-hydrogen) atoms. The summed E-state index contributed by atoms with van der Waals surface area (Å²) >= 11 is 0. The van der Waals surface area contributed by atoms with Crippen molar-refractivity contribution in [1.29, 1.82) is 0 Å². The van der Waals surface area contributed by atoms with E-state index in [-0.39, 0.29) is 5.92 Å². The van der Waals surface area contributed by atoms with Crippen molar-refractivity contribution in [3.8, 4) is 11.5 Å². The highest BCUT2D eigenvalue weighted by atomic mass is 16.4. The molecule has 1 aliphatic rings. The molecule has 0 spiro atoms. The number of aromatic nitrogens is 4. The first kappa shape index (κ1) is 11.0. The number of aromatic amines is 1. The summed E-state index contributed by atoms with van der Waals surface area (Å²) in [5.74, 6) is -0.208. The van der Waals surface area contributed by atoms with Crippen LogP contribution in [-0.4, -0.2) is 30.8 Å². The standard InChI is InChI=1S/C12H14N4O2/c1-16-10-3-2-7(12(17)18)6-9(10)14-11(16)8-4-5-13-15-8/h4-5,7H,2-3,6H2,1H3,(H,13,15)(H,17,18). The fourth-order valence-corrected chi connectivity index (χ4v) is 2.54. The van der Waals surface area contributed by atoms with Crippen molar-refractivity contribution in [2.24, 2.45) is 13.0 Å². The summed E-state index contributed by atoms with van der Waals surface area (Å²) in [6.07, 6.45) is 3.66. The van der Waals surface area contributed by atoms with Crippen LogP contribution in [0.3, 0.4) is 0 Å². The van der Waals surface area contributed by atoms with Gasteiger partial charge in [0.15, 0.2) is 5.82 Å². The van der Waals surface area contributed by atoms with Gasteiger partial charge in [0.2, 0.25) is 0 Å². The first-order chi connectivity index (χ1) is 8.66. The lowest BCUT2D eigenvalue weighted by molar-refractivity contribution is -0.142. The van der Waals surface area contributed by atoms with E-state index in [9.17, 15) is 4.79 Å². The average molecular weight is 246 g/mol. The molecule has 0 amide bonds. The Morgan fingerprint density at radius 2 is 2.44 bits per heavy atom. The van der Waals surface area contributed by atoms with Crippen LogP contribution in [0.5, 0.6) is 0 Å². The Morgan fingerprint density at radius 1 is 1.61 bits per heavy atom. The molecule has 2 N–H and O–H groups in total. The second-order valence-electron chi connectivity index (χ2n) is 4.64. The van der Waals surface area contributed by atoms with Crippen LogP contribution in [-0.2, 0) is 24.7 Å². The van der Waals surface area contributed by atoms with Gasteiger partial charge in [-0.1, -0.05) is 0 Å². The number of hydrogen-bond acceptors (Lipinski definition) is 3. The number of imidazole rings is 1. The molecule has 2 aromatic rings. The molecular weight excluding hydrogens is 232 g/mol. The third-order valence-electron chi connectivity index (χ3n) is 3.56. The van der Waals surface area contributed by atoms with Crippen molar-refractivity contribution in [2.45, 2.75) is 19.3 Å². The SMILES string of the molecule is Cn1c(-c2ccn[nH]2)nc2c1CCC(C(=O)O)C2. The van der Waals surface area contributed by atoms with E-state index in [1.807, 2.05) is 17.7 Å². The Morgan fingerprint density at radius 3 is 3.11 bits per heavy atom. The predicted octanol–water partition coefficient (Wildman–Crippen LogP) is 1.000. The summed E-state index contributed by atoms with van der Waals surface area (Å²) < 4.78 is 2.03. The van der Waals surface area contributed by atoms with E-state index in [4.69, 9.17) is 5.11 Å². The van der Waals surface area contributed by atoms with Crippen molar-refractivity contribution >= 4 is 5.97 Å². The fraction of sp³-hybridized carbons (Fsp3) is 0.417. The summed E-state index contributed by atoms with van der Waals surface area (Å²) in [6, 6.07) is 1.86. The Balaban J connectivity index is 2.00. The molecule has 0 fully saturated rings. The maximum absolute atomic E-state index is 11.0. The zero-order valence-corrected chi connectivity index (χ0v) is 10.1. The van der Waals surface area contributed by atoms with Crippen LogP contribution in [0.4, 0.5) is 0 Å². The number of nitrogens with one attached hydrogen (secondary N) is 1. The molecule has 0 saturated carbocycles. The van der Waals surface area contributed by atoms with Gasteiger partial charge in [-0.05, 0) is 18.9 Å². The first-order valence-electron chi connectivity index (χ1n) is 5.94. The highest BCUT2D eigenvalue weighted by Gasteiger charge is 2.28. The van der Waals surface area contributed by atoms with Gasteiger partial charge in [-0.15, -0.1) is 0 Å². The van der Waals surface area contributed by atoms with E-state index in [0.717, 1.165) is 29.3 Å². The van der Waals surface area contributed by atoms with Crippen LogP contribution in [0.1, 0.15) is 17.8 Å². The smallest absolute Gasteiger partial charge is 0.306 e. The summed E-state index contributed by atoms with van der Waals surface area (Å²) in [6.45, 7) is 0. The number of hydrogen-bond donors (Lipinski definition) is 2. The van der Waals surface area contributed by atoms with Gasteiger partial charge in [0.05, 0.1) is 11.6 Å². The van der Waals surface area contributed by atoms with Gasteiger partial charge in [-0.25, -0.2) is 4.98 Å². The Labute approximate surface area is 104 Å². The van der Waals surface area contributed by atoms with Crippen molar-refractivity contribution in [2.75, 3.05) is 0 Å². The van der Waals surface area contributed by atoms with E-state index < -0.39 is 5.97 Å². The Hall–Kier alpha value is -2.11. The van der Waals surface area contributed by atoms with Crippen LogP contribution in [0.25, 0.3) is 11.5 Å². The van der Waals surface area contributed by atoms with E-state index in [1.165, 1.54) is 0 Å². The number of H-pyrrole nitrogens is 1. The summed E-state index contributed by atoms with van der Waals surface area (Å²) in [5, 5.41) is 15.9. The van der Waals surface area contributed by atoms with Crippen LogP contribution >= 0.6 is 0 Å². The number of fused-ring (bicyclic) bond motifs is 1. The van der Waals surface area contributed by atoms with Crippen LogP contribution < -0.4 is 0 Å². The van der Waals surface area contributed by atoms with Crippen LogP contribution in [0.15, 0.2) is 12.3 Å². The van der Waals surface area contributed by atoms with Crippen LogP contribution in [0, 0.1) is 5.92 Å². The number of aliphatic carboxylic acids is 1. The van der Waals surface area contributed by atoms with Crippen molar-refractivity contribution in [1.82, 2.24) is 19.7 Å². The molecule has 0 radical (unpaired) electrons. The molecule has 94 valence electrons. The molecule has 0 aliphatic heterocycles. The van der Waals surface area contributed by atoms with Crippen LogP contribution in [0.2, 0.25) is 0 Å². The van der Waals surface area contributed by atoms with Gasteiger partial charge >= 0.3 is 5.97 Å². The maximum Gasteiger partial charge on any atom is 0.306 e. The van der Waals surface area contributed by atoms with E-state index >= 15 is 0 Å². The summed E-state index contributed by atoms with van der Waals surface area (Å²) in [4.78, 5) is 15.6. The molecule has 1 aliphatic carbocycles. The third-order valence-corrected chi connectivity index (χ3v) is 3.56. The minimum absolute atomic E-state index is 0.304. The molecule has 3 rings (SSSR count). The second kappa shape index (κ2) is 3.97. The van der Waals surface area contributed by atoms with Gasteiger partial charge in [-0.2, -0.15) is 5.10 Å². The number of carboxylic acids is 1. The normalized spacial score (nSPS) is 18.6. The van der Waals surface area contributed by atoms with Gasteiger partial charge in [0.1, 0.15) is 5.69 Å². The highest BCUT2D eigenvalue weighted by molar-refractivity contribution is 5.71. The Kier molecular flexibility index (Phi) is 2.43. The molecule has 6 nitrogen and oxygen atoms in total. The molecule has 2 aromatic heterocycles. The largest absolute Gasteiger partial charge is 0.481 e.